The highest BCUT2D eigenvalue weighted by atomic mass is 31.2. The normalized spacial score (nSPS) is 15.6. The largest absolute Gasteiger partial charge is 0.468 e. The van der Waals surface area contributed by atoms with Crippen LogP contribution >= 0.6 is 7.67 Å². The molecule has 0 aliphatic carbocycles. The number of carbonyl (C=O) groups excluding carboxylic acids is 1. The lowest BCUT2D eigenvalue weighted by Crippen LogP contribution is -2.36. The van der Waals surface area contributed by atoms with Crippen LogP contribution in [0.2, 0.25) is 0 Å². The van der Waals surface area contributed by atoms with Gasteiger partial charge >= 0.3 is 13.6 Å². The topological polar surface area (TPSA) is 90.6 Å². The van der Waals surface area contributed by atoms with E-state index in [2.05, 4.69) is 9.82 Å². The highest BCUT2D eigenvalue weighted by Crippen LogP contribution is 2.35. The van der Waals surface area contributed by atoms with E-state index in [1.54, 1.807) is 0 Å². The van der Waals surface area contributed by atoms with Crippen LogP contribution in [0.25, 0.3) is 0 Å². The van der Waals surface area contributed by atoms with Crippen LogP contribution in [0.5, 0.6) is 5.75 Å². The van der Waals surface area contributed by atoms with Crippen molar-refractivity contribution in [3.8, 4) is 5.75 Å². The number of ether oxygens (including phenoxy) is 1. The molecule has 0 bridgehead atoms. The minimum Gasteiger partial charge on any atom is -0.468 e. The summed E-state index contributed by atoms with van der Waals surface area (Å²) in [7, 11) is -2.53. The predicted molar refractivity (Wildman–Crippen MR) is 63.4 cm³/mol. The number of halogens is 1. The van der Waals surface area contributed by atoms with Gasteiger partial charge in [0, 0.05) is 0 Å². The van der Waals surface area contributed by atoms with Crippen molar-refractivity contribution in [2.45, 2.75) is 13.0 Å². The molecule has 1 unspecified atom stereocenters. The number of esters is 1. The van der Waals surface area contributed by atoms with Gasteiger partial charge in [-0.2, -0.15) is 0 Å². The molecule has 0 fully saturated rings. The molecule has 1 rings (SSSR count). The SMILES string of the molecule is COC(=O)[C@H](C)NP(N)(=O)Oc1ccc(F)cc1. The summed E-state index contributed by atoms with van der Waals surface area (Å²) >= 11 is 0. The summed E-state index contributed by atoms with van der Waals surface area (Å²) in [5.41, 5.74) is 5.40. The molecule has 0 aliphatic heterocycles. The van der Waals surface area contributed by atoms with Gasteiger partial charge in [0.1, 0.15) is 17.6 Å². The third kappa shape index (κ3) is 4.44. The van der Waals surface area contributed by atoms with Crippen molar-refractivity contribution in [2.75, 3.05) is 7.11 Å². The summed E-state index contributed by atoms with van der Waals surface area (Å²) in [6.45, 7) is 1.43. The molecule has 0 aliphatic rings. The Balaban J connectivity index is 2.67. The molecular formula is C10H14FN2O4P. The standard InChI is InChI=1S/C10H14FN2O4P/c1-7(10(14)16-2)13-18(12,15)17-9-5-3-8(11)4-6-9/h3-7H,1-2H3,(H3,12,13,15)/t7-,18?/m0/s1. The number of nitrogens with two attached hydrogens (primary N) is 1. The molecule has 1 aromatic rings. The Labute approximate surface area is 104 Å². The lowest BCUT2D eigenvalue weighted by molar-refractivity contribution is -0.142. The van der Waals surface area contributed by atoms with Crippen LogP contribution in [0, 0.1) is 5.82 Å². The van der Waals surface area contributed by atoms with Crippen molar-refractivity contribution in [2.24, 2.45) is 5.50 Å². The van der Waals surface area contributed by atoms with Crippen molar-refractivity contribution in [1.29, 1.82) is 0 Å². The lowest BCUT2D eigenvalue weighted by Gasteiger charge is -2.18. The first-order valence-electron chi connectivity index (χ1n) is 5.03. The van der Waals surface area contributed by atoms with Crippen LogP contribution in [-0.4, -0.2) is 19.1 Å². The van der Waals surface area contributed by atoms with Crippen LogP contribution in [0.15, 0.2) is 24.3 Å². The number of hydrogen-bond acceptors (Lipinski definition) is 4. The molecule has 0 saturated heterocycles. The molecule has 1 aromatic carbocycles. The Kier molecular flexibility index (Phi) is 4.84. The molecule has 0 radical (unpaired) electrons. The van der Waals surface area contributed by atoms with Gasteiger partial charge in [0.05, 0.1) is 7.11 Å². The maximum atomic E-state index is 12.6. The third-order valence-electron chi connectivity index (χ3n) is 1.98. The van der Waals surface area contributed by atoms with Crippen LogP contribution in [0.1, 0.15) is 6.92 Å². The average molecular weight is 276 g/mol. The minimum atomic E-state index is -3.73. The highest BCUT2D eigenvalue weighted by molar-refractivity contribution is 7.54. The van der Waals surface area contributed by atoms with E-state index in [4.69, 9.17) is 10.0 Å². The van der Waals surface area contributed by atoms with Gasteiger partial charge in [-0.05, 0) is 31.2 Å². The first-order valence-corrected chi connectivity index (χ1v) is 6.73. The Morgan fingerprint density at radius 2 is 2.00 bits per heavy atom. The number of hydrogen-bond donors (Lipinski definition) is 2. The fourth-order valence-electron chi connectivity index (χ4n) is 1.18. The van der Waals surface area contributed by atoms with E-state index in [-0.39, 0.29) is 5.75 Å². The maximum absolute atomic E-state index is 12.6. The smallest absolute Gasteiger partial charge is 0.388 e. The van der Waals surface area contributed by atoms with Crippen LogP contribution in [-0.2, 0) is 14.1 Å². The quantitative estimate of drug-likeness (QED) is 0.624. The second kappa shape index (κ2) is 5.95. The summed E-state index contributed by atoms with van der Waals surface area (Å²) < 4.78 is 33.9. The van der Waals surface area contributed by atoms with Crippen molar-refractivity contribution >= 4 is 13.6 Å². The van der Waals surface area contributed by atoms with E-state index >= 15 is 0 Å². The number of nitrogens with one attached hydrogen (secondary N) is 1. The Hall–Kier alpha value is -1.43. The Bertz CT molecular complexity index is 465. The highest BCUT2D eigenvalue weighted by Gasteiger charge is 2.25. The second-order valence-electron chi connectivity index (χ2n) is 3.52. The van der Waals surface area contributed by atoms with Gasteiger partial charge in [-0.25, -0.2) is 19.5 Å². The van der Waals surface area contributed by atoms with Gasteiger partial charge in [0.15, 0.2) is 0 Å². The lowest BCUT2D eigenvalue weighted by atomic mass is 10.3. The van der Waals surface area contributed by atoms with E-state index in [0.29, 0.717) is 0 Å². The first kappa shape index (κ1) is 14.6. The van der Waals surface area contributed by atoms with Crippen molar-refractivity contribution in [3.05, 3.63) is 30.1 Å². The van der Waals surface area contributed by atoms with Gasteiger partial charge < -0.3 is 9.26 Å². The molecule has 2 atom stereocenters. The number of methoxy groups -OCH3 is 1. The minimum absolute atomic E-state index is 0.131. The summed E-state index contributed by atoms with van der Waals surface area (Å²) in [5, 5.41) is 2.31. The molecule has 100 valence electrons. The molecule has 3 N–H and O–H groups in total. The van der Waals surface area contributed by atoms with E-state index in [0.717, 1.165) is 12.1 Å². The summed E-state index contributed by atoms with van der Waals surface area (Å²) in [6.07, 6.45) is 0. The fourth-order valence-corrected chi connectivity index (χ4v) is 2.31. The molecule has 0 saturated carbocycles. The van der Waals surface area contributed by atoms with E-state index < -0.39 is 25.5 Å². The zero-order chi connectivity index (χ0) is 13.8. The van der Waals surface area contributed by atoms with Crippen LogP contribution in [0.3, 0.4) is 0 Å². The van der Waals surface area contributed by atoms with Gasteiger partial charge in [-0.3, -0.25) is 4.79 Å². The predicted octanol–water partition coefficient (Wildman–Crippen LogP) is 1.42. The summed E-state index contributed by atoms with van der Waals surface area (Å²) in [4.78, 5) is 11.1. The molecule has 0 heterocycles. The maximum Gasteiger partial charge on any atom is 0.388 e. The Morgan fingerprint density at radius 3 is 2.50 bits per heavy atom. The average Bonchev–Trinajstić information content (AvgIpc) is 2.30. The second-order valence-corrected chi connectivity index (χ2v) is 5.15. The van der Waals surface area contributed by atoms with Gasteiger partial charge in [-0.1, -0.05) is 0 Å². The van der Waals surface area contributed by atoms with E-state index in [1.165, 1.54) is 26.2 Å². The zero-order valence-electron chi connectivity index (χ0n) is 9.92. The summed E-state index contributed by atoms with van der Waals surface area (Å²) in [6, 6.07) is 3.95. The summed E-state index contributed by atoms with van der Waals surface area (Å²) in [5.74, 6) is -0.944. The van der Waals surface area contributed by atoms with Crippen molar-refractivity contribution in [1.82, 2.24) is 5.09 Å². The van der Waals surface area contributed by atoms with Crippen LogP contribution < -0.4 is 15.1 Å². The van der Waals surface area contributed by atoms with E-state index in [9.17, 15) is 13.8 Å². The molecule has 0 amide bonds. The van der Waals surface area contributed by atoms with Gasteiger partial charge in [0.25, 0.3) is 0 Å². The number of benzene rings is 1. The third-order valence-corrected chi connectivity index (χ3v) is 3.21. The molecule has 8 heteroatoms. The zero-order valence-corrected chi connectivity index (χ0v) is 10.8. The Morgan fingerprint density at radius 1 is 1.44 bits per heavy atom. The van der Waals surface area contributed by atoms with Crippen molar-refractivity contribution < 1.29 is 23.0 Å². The molecule has 0 aromatic heterocycles. The molecule has 6 nitrogen and oxygen atoms in total. The van der Waals surface area contributed by atoms with Gasteiger partial charge in [0.2, 0.25) is 0 Å². The van der Waals surface area contributed by atoms with E-state index in [1.807, 2.05) is 0 Å². The van der Waals surface area contributed by atoms with Crippen molar-refractivity contribution in [3.63, 3.8) is 0 Å². The molecule has 0 spiro atoms. The van der Waals surface area contributed by atoms with Crippen LogP contribution in [0.4, 0.5) is 4.39 Å². The fraction of sp³-hybridized carbons (Fsp3) is 0.300. The number of carbonyl (C=O) groups is 1. The monoisotopic (exact) mass is 276 g/mol. The first-order chi connectivity index (χ1) is 8.34. The molecule has 18 heavy (non-hydrogen) atoms. The van der Waals surface area contributed by atoms with Gasteiger partial charge in [-0.15, -0.1) is 0 Å². The number of rotatable bonds is 5. The molecular weight excluding hydrogens is 262 g/mol.